The number of hydrogen-bond donors (Lipinski definition) is 2. The van der Waals surface area contributed by atoms with Gasteiger partial charge in [0.2, 0.25) is 5.88 Å². The van der Waals surface area contributed by atoms with Gasteiger partial charge in [0.25, 0.3) is 5.91 Å². The van der Waals surface area contributed by atoms with Gasteiger partial charge in [0.1, 0.15) is 5.75 Å². The molecule has 1 aromatic heterocycles. The maximum atomic E-state index is 13.3. The molecule has 1 aliphatic carbocycles. The molecule has 0 saturated heterocycles. The summed E-state index contributed by atoms with van der Waals surface area (Å²) in [5, 5.41) is 19.3. The van der Waals surface area contributed by atoms with Gasteiger partial charge in [-0.25, -0.2) is 0 Å². The van der Waals surface area contributed by atoms with Crippen molar-refractivity contribution in [2.45, 2.75) is 25.1 Å². The van der Waals surface area contributed by atoms with Gasteiger partial charge in [-0.05, 0) is 47.4 Å². The summed E-state index contributed by atoms with van der Waals surface area (Å²) in [5.74, 6) is 0.556. The lowest BCUT2D eigenvalue weighted by Crippen LogP contribution is -2.37. The minimum atomic E-state index is -0.740. The smallest absolute Gasteiger partial charge is 0.255 e. The van der Waals surface area contributed by atoms with E-state index in [1.807, 2.05) is 77.5 Å². The average Bonchev–Trinajstić information content (AvgIpc) is 3.42. The second-order valence-corrected chi connectivity index (χ2v) is 8.99. The van der Waals surface area contributed by atoms with E-state index in [9.17, 15) is 9.90 Å². The maximum Gasteiger partial charge on any atom is 0.255 e. The molecule has 6 nitrogen and oxygen atoms in total. The van der Waals surface area contributed by atoms with Crippen molar-refractivity contribution in [1.82, 2.24) is 15.1 Å². The molecule has 1 heterocycles. The quantitative estimate of drug-likeness (QED) is 0.351. The summed E-state index contributed by atoms with van der Waals surface area (Å²) in [7, 11) is 0. The van der Waals surface area contributed by atoms with Gasteiger partial charge in [0.15, 0.2) is 0 Å². The second-order valence-electron chi connectivity index (χ2n) is 8.99. The summed E-state index contributed by atoms with van der Waals surface area (Å²) in [6, 6.07) is 32.5. The standard InChI is InChI=1S/C30H25N3O3/c34-28-22-13-5-4-12-21(22)18-25(28)31-29(35)24-15-7-9-17-27(24)36-30-23-14-6-8-16-26(23)33(32-30)19-20-10-2-1-3-11-20/h1-17,25,28,34H,18-19H2,(H,31,35)/t25-,28+/m1/s1. The molecule has 2 N–H and O–H groups in total. The van der Waals surface area contributed by atoms with Crippen LogP contribution >= 0.6 is 0 Å². The van der Waals surface area contributed by atoms with Gasteiger partial charge in [-0.3, -0.25) is 9.48 Å². The van der Waals surface area contributed by atoms with E-state index in [4.69, 9.17) is 9.84 Å². The predicted molar refractivity (Wildman–Crippen MR) is 138 cm³/mol. The number of nitrogens with zero attached hydrogens (tertiary/aromatic N) is 2. The van der Waals surface area contributed by atoms with Gasteiger partial charge in [-0.2, -0.15) is 0 Å². The minimum Gasteiger partial charge on any atom is -0.436 e. The van der Waals surface area contributed by atoms with E-state index in [0.717, 1.165) is 27.6 Å². The van der Waals surface area contributed by atoms with Gasteiger partial charge in [-0.15, -0.1) is 5.10 Å². The number of ether oxygens (including phenoxy) is 1. The molecule has 0 saturated carbocycles. The Bertz CT molecular complexity index is 1540. The van der Waals surface area contributed by atoms with Crippen LogP contribution in [0.3, 0.4) is 0 Å². The lowest BCUT2D eigenvalue weighted by atomic mass is 10.1. The Hall–Kier alpha value is -4.42. The Morgan fingerprint density at radius 3 is 2.50 bits per heavy atom. The van der Waals surface area contributed by atoms with Crippen LogP contribution in [0.25, 0.3) is 10.9 Å². The summed E-state index contributed by atoms with van der Waals surface area (Å²) in [5.41, 5.74) is 4.39. The zero-order valence-corrected chi connectivity index (χ0v) is 19.5. The first-order valence-corrected chi connectivity index (χ1v) is 12.0. The third-order valence-electron chi connectivity index (χ3n) is 6.65. The van der Waals surface area contributed by atoms with E-state index in [1.54, 1.807) is 18.2 Å². The topological polar surface area (TPSA) is 76.4 Å². The van der Waals surface area contributed by atoms with Crippen molar-refractivity contribution in [2.75, 3.05) is 0 Å². The van der Waals surface area contributed by atoms with Crippen LogP contribution in [0.5, 0.6) is 11.6 Å². The molecule has 0 bridgehead atoms. The third-order valence-corrected chi connectivity index (χ3v) is 6.65. The van der Waals surface area contributed by atoms with Crippen LogP contribution in [0, 0.1) is 0 Å². The number of aliphatic hydroxyl groups is 1. The molecule has 178 valence electrons. The van der Waals surface area contributed by atoms with Crippen molar-refractivity contribution in [3.63, 3.8) is 0 Å². The van der Waals surface area contributed by atoms with Crippen LogP contribution in [0.2, 0.25) is 0 Å². The highest BCUT2D eigenvalue weighted by Crippen LogP contribution is 2.33. The van der Waals surface area contributed by atoms with Crippen LogP contribution in [0.15, 0.2) is 103 Å². The summed E-state index contributed by atoms with van der Waals surface area (Å²) in [6.45, 7) is 0.604. The molecule has 0 unspecified atom stereocenters. The van der Waals surface area contributed by atoms with Gasteiger partial charge in [-0.1, -0.05) is 78.9 Å². The van der Waals surface area contributed by atoms with Crippen molar-refractivity contribution in [3.8, 4) is 11.6 Å². The fourth-order valence-corrected chi connectivity index (χ4v) is 4.85. The molecule has 6 heteroatoms. The fraction of sp³-hybridized carbons (Fsp3) is 0.133. The number of amides is 1. The Kier molecular flexibility index (Phi) is 5.71. The molecule has 0 aliphatic heterocycles. The molecule has 1 aliphatic rings. The molecular formula is C30H25N3O3. The molecule has 0 fully saturated rings. The largest absolute Gasteiger partial charge is 0.436 e. The zero-order valence-electron chi connectivity index (χ0n) is 19.5. The first-order chi connectivity index (χ1) is 17.7. The number of aliphatic hydroxyl groups excluding tert-OH is 1. The van der Waals surface area contributed by atoms with E-state index < -0.39 is 12.1 Å². The van der Waals surface area contributed by atoms with Gasteiger partial charge >= 0.3 is 0 Å². The summed E-state index contributed by atoms with van der Waals surface area (Å²) < 4.78 is 8.17. The number of rotatable bonds is 6. The lowest BCUT2D eigenvalue weighted by molar-refractivity contribution is 0.0856. The van der Waals surface area contributed by atoms with Crippen molar-refractivity contribution in [1.29, 1.82) is 0 Å². The highest BCUT2D eigenvalue weighted by molar-refractivity contribution is 5.97. The Morgan fingerprint density at radius 2 is 1.64 bits per heavy atom. The monoisotopic (exact) mass is 475 g/mol. The molecule has 0 radical (unpaired) electrons. The molecule has 2 atom stereocenters. The Balaban J connectivity index is 1.27. The zero-order chi connectivity index (χ0) is 24.5. The number of para-hydroxylation sites is 2. The Morgan fingerprint density at radius 1 is 0.917 bits per heavy atom. The van der Waals surface area contributed by atoms with Crippen LogP contribution in [0.4, 0.5) is 0 Å². The fourth-order valence-electron chi connectivity index (χ4n) is 4.85. The highest BCUT2D eigenvalue weighted by atomic mass is 16.5. The molecule has 36 heavy (non-hydrogen) atoms. The molecular weight excluding hydrogens is 450 g/mol. The number of aromatic nitrogens is 2. The van der Waals surface area contributed by atoms with Crippen molar-refractivity contribution >= 4 is 16.8 Å². The van der Waals surface area contributed by atoms with Crippen LogP contribution in [-0.2, 0) is 13.0 Å². The van der Waals surface area contributed by atoms with Crippen molar-refractivity contribution in [3.05, 3.63) is 125 Å². The van der Waals surface area contributed by atoms with Crippen LogP contribution in [-0.4, -0.2) is 26.8 Å². The average molecular weight is 476 g/mol. The second kappa shape index (κ2) is 9.32. The Labute approximate surface area is 208 Å². The van der Waals surface area contributed by atoms with Gasteiger partial charge in [0.05, 0.1) is 35.2 Å². The number of carbonyl (C=O) groups is 1. The number of benzene rings is 4. The van der Waals surface area contributed by atoms with E-state index in [1.165, 1.54) is 0 Å². The maximum absolute atomic E-state index is 13.3. The van der Waals surface area contributed by atoms with Crippen LogP contribution in [0.1, 0.15) is 33.2 Å². The lowest BCUT2D eigenvalue weighted by Gasteiger charge is -2.18. The molecule has 5 aromatic rings. The van der Waals surface area contributed by atoms with Crippen molar-refractivity contribution < 1.29 is 14.6 Å². The van der Waals surface area contributed by atoms with E-state index in [2.05, 4.69) is 17.4 Å². The number of hydrogen-bond acceptors (Lipinski definition) is 4. The van der Waals surface area contributed by atoms with Gasteiger partial charge < -0.3 is 15.2 Å². The molecule has 0 spiro atoms. The highest BCUT2D eigenvalue weighted by Gasteiger charge is 2.32. The number of carbonyl (C=O) groups excluding carboxylic acids is 1. The van der Waals surface area contributed by atoms with E-state index >= 15 is 0 Å². The molecule has 6 rings (SSSR count). The molecule has 1 amide bonds. The minimum absolute atomic E-state index is 0.296. The van der Waals surface area contributed by atoms with Gasteiger partial charge in [0, 0.05) is 0 Å². The molecule has 4 aromatic carbocycles. The number of nitrogens with one attached hydrogen (secondary N) is 1. The van der Waals surface area contributed by atoms with E-state index in [-0.39, 0.29) is 5.91 Å². The summed E-state index contributed by atoms with van der Waals surface area (Å²) >= 11 is 0. The predicted octanol–water partition coefficient (Wildman–Crippen LogP) is 5.27. The SMILES string of the molecule is O=C(N[C@@H]1Cc2ccccc2[C@@H]1O)c1ccccc1Oc1nn(Cc2ccccc2)c2ccccc12. The third kappa shape index (κ3) is 4.12. The van der Waals surface area contributed by atoms with Crippen molar-refractivity contribution in [2.24, 2.45) is 0 Å². The summed E-state index contributed by atoms with van der Waals surface area (Å²) in [6.07, 6.45) is -0.156. The summed E-state index contributed by atoms with van der Waals surface area (Å²) in [4.78, 5) is 13.3. The number of fused-ring (bicyclic) bond motifs is 2. The normalized spacial score (nSPS) is 16.6. The van der Waals surface area contributed by atoms with Crippen LogP contribution < -0.4 is 10.1 Å². The van der Waals surface area contributed by atoms with E-state index in [0.29, 0.717) is 30.2 Å². The first kappa shape index (κ1) is 22.1. The first-order valence-electron chi connectivity index (χ1n) is 12.0.